The van der Waals surface area contributed by atoms with E-state index < -0.39 is 17.6 Å². The maximum absolute atomic E-state index is 13.3. The highest BCUT2D eigenvalue weighted by Gasteiger charge is 2.31. The molecule has 45 heavy (non-hydrogen) atoms. The second-order valence-electron chi connectivity index (χ2n) is 11.1. The van der Waals surface area contributed by atoms with E-state index in [1.165, 1.54) is 23.9 Å². The predicted molar refractivity (Wildman–Crippen MR) is 166 cm³/mol. The van der Waals surface area contributed by atoms with Crippen molar-refractivity contribution in [2.45, 2.75) is 19.6 Å². The number of carbonyl (C=O) groups is 2. The van der Waals surface area contributed by atoms with Gasteiger partial charge in [-0.05, 0) is 66.1 Å². The van der Waals surface area contributed by atoms with Crippen LogP contribution in [-0.4, -0.2) is 66.4 Å². The highest BCUT2D eigenvalue weighted by Crippen LogP contribution is 2.35. The van der Waals surface area contributed by atoms with Crippen LogP contribution in [0.15, 0.2) is 85.1 Å². The van der Waals surface area contributed by atoms with Crippen molar-refractivity contribution >= 4 is 17.5 Å². The molecule has 2 amide bonds. The Morgan fingerprint density at radius 1 is 0.956 bits per heavy atom. The number of likely N-dealkylation sites (N-methyl/N-ethyl adjacent to an activating group) is 1. The smallest absolute Gasteiger partial charge is 0.416 e. The Kier molecular flexibility index (Phi) is 9.38. The van der Waals surface area contributed by atoms with Gasteiger partial charge in [0.15, 0.2) is 0 Å². The Hall–Kier alpha value is -4.90. The molecule has 0 aliphatic carbocycles. The van der Waals surface area contributed by atoms with Gasteiger partial charge in [-0.1, -0.05) is 30.3 Å². The molecular weight excluding hydrogens is 583 g/mol. The van der Waals surface area contributed by atoms with Crippen molar-refractivity contribution in [2.75, 3.05) is 44.7 Å². The number of anilines is 1. The number of ether oxygens (including phenoxy) is 1. The quantitative estimate of drug-likeness (QED) is 0.257. The van der Waals surface area contributed by atoms with Gasteiger partial charge >= 0.3 is 6.18 Å². The molecule has 11 heteroatoms. The number of halogens is 3. The molecule has 2 N–H and O–H groups in total. The molecule has 0 bridgehead atoms. The fraction of sp³-hybridized carbons (Fsp3) is 0.265. The first-order valence-corrected chi connectivity index (χ1v) is 14.5. The number of nitrogens with zero attached hydrogens (tertiary/aromatic N) is 4. The third kappa shape index (κ3) is 7.79. The lowest BCUT2D eigenvalue weighted by atomic mass is 9.98. The van der Waals surface area contributed by atoms with Crippen molar-refractivity contribution in [1.29, 1.82) is 0 Å². The van der Waals surface area contributed by atoms with Crippen LogP contribution in [0.25, 0.3) is 11.1 Å². The highest BCUT2D eigenvalue weighted by molar-refractivity contribution is 6.00. The maximum atomic E-state index is 13.3. The van der Waals surface area contributed by atoms with Crippen LogP contribution in [0.3, 0.4) is 0 Å². The maximum Gasteiger partial charge on any atom is 0.416 e. The van der Waals surface area contributed by atoms with Crippen LogP contribution in [0.1, 0.15) is 27.0 Å². The zero-order chi connectivity index (χ0) is 32.1. The van der Waals surface area contributed by atoms with Gasteiger partial charge in [-0.3, -0.25) is 14.5 Å². The summed E-state index contributed by atoms with van der Waals surface area (Å²) >= 11 is 0. The molecule has 0 saturated carbocycles. The lowest BCUT2D eigenvalue weighted by Gasteiger charge is -2.35. The zero-order valence-corrected chi connectivity index (χ0v) is 25.1. The van der Waals surface area contributed by atoms with E-state index in [9.17, 15) is 22.8 Å². The molecule has 5 rings (SSSR count). The number of rotatable bonds is 9. The Morgan fingerprint density at radius 3 is 2.31 bits per heavy atom. The molecule has 8 nitrogen and oxygen atoms in total. The fourth-order valence-electron chi connectivity index (χ4n) is 5.26. The Bertz CT molecular complexity index is 1650. The number of benzene rings is 3. The molecule has 0 radical (unpaired) electrons. The molecule has 0 spiro atoms. The van der Waals surface area contributed by atoms with Crippen LogP contribution in [0.2, 0.25) is 0 Å². The minimum absolute atomic E-state index is 0.0311. The largest absolute Gasteiger partial charge is 0.439 e. The summed E-state index contributed by atoms with van der Waals surface area (Å²) in [5.74, 6) is -0.0236. The molecule has 0 unspecified atom stereocenters. The van der Waals surface area contributed by atoms with E-state index in [0.29, 0.717) is 24.4 Å². The molecule has 1 fully saturated rings. The summed E-state index contributed by atoms with van der Waals surface area (Å²) in [5, 5.41) is 0. The van der Waals surface area contributed by atoms with Crippen LogP contribution in [0, 0.1) is 6.92 Å². The number of hydrogen-bond acceptors (Lipinski definition) is 6. The van der Waals surface area contributed by atoms with Crippen molar-refractivity contribution < 1.29 is 27.5 Å². The monoisotopic (exact) mass is 617 g/mol. The first-order chi connectivity index (χ1) is 21.5. The van der Waals surface area contributed by atoms with Gasteiger partial charge < -0.3 is 20.3 Å². The number of aromatic nitrogens is 1. The summed E-state index contributed by atoms with van der Waals surface area (Å²) < 4.78 is 45.8. The molecule has 4 aromatic rings. The molecule has 1 saturated heterocycles. The molecule has 234 valence electrons. The van der Waals surface area contributed by atoms with Crippen LogP contribution in [0.5, 0.6) is 11.6 Å². The number of primary amides is 1. The van der Waals surface area contributed by atoms with E-state index in [1.807, 2.05) is 54.1 Å². The van der Waals surface area contributed by atoms with Crippen LogP contribution in [-0.2, 0) is 17.5 Å². The van der Waals surface area contributed by atoms with Gasteiger partial charge in [0.25, 0.3) is 0 Å². The number of carbonyl (C=O) groups excluding carboxylic acids is 2. The van der Waals surface area contributed by atoms with Crippen molar-refractivity contribution in [3.63, 3.8) is 0 Å². The van der Waals surface area contributed by atoms with Crippen LogP contribution < -0.4 is 15.4 Å². The van der Waals surface area contributed by atoms with Crippen molar-refractivity contribution in [3.8, 4) is 22.8 Å². The van der Waals surface area contributed by atoms with Gasteiger partial charge in [-0.15, -0.1) is 0 Å². The molecule has 3 aromatic carbocycles. The highest BCUT2D eigenvalue weighted by atomic mass is 19.4. The second-order valence-corrected chi connectivity index (χ2v) is 11.1. The van der Waals surface area contributed by atoms with Gasteiger partial charge in [0.2, 0.25) is 17.7 Å². The number of nitrogens with two attached hydrogens (primary N) is 1. The lowest BCUT2D eigenvalue weighted by Crippen LogP contribution is -2.50. The van der Waals surface area contributed by atoms with Crippen LogP contribution >= 0.6 is 0 Å². The van der Waals surface area contributed by atoms with E-state index in [0.717, 1.165) is 49.1 Å². The Balaban J connectivity index is 1.18. The van der Waals surface area contributed by atoms with Crippen molar-refractivity contribution in [3.05, 3.63) is 107 Å². The standard InChI is InChI=1S/C34H34F3N5O3/c1-23-18-27(40(2)22-32(43)42-16-14-41(15-17-42)21-24-6-4-3-5-7-24)10-12-30(23)45-31-13-8-25(20-39-31)29-19-26(34(35,36)37)9-11-28(29)33(38)44/h3-13,18-20H,14-17,21-22H2,1-2H3,(H2,38,44). The Morgan fingerprint density at radius 2 is 1.69 bits per heavy atom. The molecular formula is C34H34F3N5O3. The minimum Gasteiger partial charge on any atom is -0.439 e. The van der Waals surface area contributed by atoms with Crippen molar-refractivity contribution in [2.24, 2.45) is 5.73 Å². The third-order valence-electron chi connectivity index (χ3n) is 7.82. The molecule has 1 aliphatic heterocycles. The SMILES string of the molecule is Cc1cc(N(C)CC(=O)N2CCN(Cc3ccccc3)CC2)ccc1Oc1ccc(-c2cc(C(F)(F)F)ccc2C(N)=O)cn1. The summed E-state index contributed by atoms with van der Waals surface area (Å²) in [6, 6.07) is 21.7. The average Bonchev–Trinajstić information content (AvgIpc) is 3.02. The molecule has 2 heterocycles. The number of pyridine rings is 1. The summed E-state index contributed by atoms with van der Waals surface area (Å²) in [6.07, 6.45) is -3.24. The summed E-state index contributed by atoms with van der Waals surface area (Å²) in [7, 11) is 1.87. The van der Waals surface area contributed by atoms with E-state index in [1.54, 1.807) is 6.07 Å². The topological polar surface area (TPSA) is 92.0 Å². The summed E-state index contributed by atoms with van der Waals surface area (Å²) in [6.45, 7) is 6.03. The number of amides is 2. The normalized spacial score (nSPS) is 13.8. The van der Waals surface area contributed by atoms with Crippen LogP contribution in [0.4, 0.5) is 18.9 Å². The summed E-state index contributed by atoms with van der Waals surface area (Å²) in [5.41, 5.74) is 7.70. The summed E-state index contributed by atoms with van der Waals surface area (Å²) in [4.78, 5) is 35.3. The molecule has 1 aromatic heterocycles. The van der Waals surface area contributed by atoms with Gasteiger partial charge in [-0.25, -0.2) is 4.98 Å². The van der Waals surface area contributed by atoms with E-state index >= 15 is 0 Å². The van der Waals surface area contributed by atoms with Gasteiger partial charge in [0.05, 0.1) is 12.1 Å². The number of piperazine rings is 1. The second kappa shape index (κ2) is 13.4. The van der Waals surface area contributed by atoms with E-state index in [-0.39, 0.29) is 29.5 Å². The number of alkyl halides is 3. The predicted octanol–water partition coefficient (Wildman–Crippen LogP) is 5.75. The first kappa shape index (κ1) is 31.5. The van der Waals surface area contributed by atoms with Crippen molar-refractivity contribution in [1.82, 2.24) is 14.8 Å². The number of aryl methyl sites for hydroxylation is 1. The molecule has 0 atom stereocenters. The number of hydrogen-bond donors (Lipinski definition) is 1. The fourth-order valence-corrected chi connectivity index (χ4v) is 5.26. The minimum atomic E-state index is -4.58. The zero-order valence-electron chi connectivity index (χ0n) is 25.1. The first-order valence-electron chi connectivity index (χ1n) is 14.5. The Labute approximate surface area is 259 Å². The third-order valence-corrected chi connectivity index (χ3v) is 7.82. The van der Waals surface area contributed by atoms with Gasteiger partial charge in [-0.2, -0.15) is 13.2 Å². The van der Waals surface area contributed by atoms with Gasteiger partial charge in [0, 0.05) is 68.8 Å². The average molecular weight is 618 g/mol. The lowest BCUT2D eigenvalue weighted by molar-refractivity contribution is -0.137. The van der Waals surface area contributed by atoms with E-state index in [2.05, 4.69) is 22.0 Å². The van der Waals surface area contributed by atoms with Gasteiger partial charge in [0.1, 0.15) is 5.75 Å². The van der Waals surface area contributed by atoms with E-state index in [4.69, 9.17) is 10.5 Å². The molecule has 1 aliphatic rings.